The van der Waals surface area contributed by atoms with Crippen LogP contribution in [0.15, 0.2) is 47.5 Å². The van der Waals surface area contributed by atoms with Crippen molar-refractivity contribution in [2.45, 2.75) is 6.23 Å². The second-order valence-electron chi connectivity index (χ2n) is 5.01. The third kappa shape index (κ3) is 2.23. The Kier molecular flexibility index (Phi) is 3.38. The number of aliphatic hydroxyl groups excluding tert-OH is 1. The van der Waals surface area contributed by atoms with Crippen LogP contribution in [0.1, 0.15) is 11.1 Å². The van der Waals surface area contributed by atoms with E-state index in [1.54, 1.807) is 36.4 Å². The van der Waals surface area contributed by atoms with E-state index in [0.29, 0.717) is 16.9 Å². The molecule has 0 bridgehead atoms. The number of benzene rings is 2. The van der Waals surface area contributed by atoms with Crippen molar-refractivity contribution in [3.8, 4) is 0 Å². The Hall–Kier alpha value is -2.73. The lowest BCUT2D eigenvalue weighted by Crippen LogP contribution is -2.34. The predicted octanol–water partition coefficient (Wildman–Crippen LogP) is 1.54. The molecular formula is C16H14FN3O2. The van der Waals surface area contributed by atoms with E-state index >= 15 is 0 Å². The Balaban J connectivity index is 2.31. The Morgan fingerprint density at radius 2 is 1.95 bits per heavy atom. The number of carbonyl (C=O) groups is 1. The van der Waals surface area contributed by atoms with E-state index in [2.05, 4.69) is 4.99 Å². The van der Waals surface area contributed by atoms with Crippen LogP contribution in [0.4, 0.5) is 15.8 Å². The van der Waals surface area contributed by atoms with Gasteiger partial charge in [0.15, 0.2) is 0 Å². The van der Waals surface area contributed by atoms with Gasteiger partial charge in [0.25, 0.3) is 5.91 Å². The number of aliphatic hydroxyl groups is 1. The second-order valence-corrected chi connectivity index (χ2v) is 5.01. The molecule has 6 heteroatoms. The zero-order valence-electron chi connectivity index (χ0n) is 11.8. The highest BCUT2D eigenvalue weighted by molar-refractivity contribution is 6.20. The van der Waals surface area contributed by atoms with Gasteiger partial charge in [-0.3, -0.25) is 4.79 Å². The molecule has 0 radical (unpaired) electrons. The van der Waals surface area contributed by atoms with E-state index in [1.807, 2.05) is 0 Å². The first kappa shape index (κ1) is 14.2. The number of likely N-dealkylation sites (N-methyl/N-ethyl adjacent to an activating group) is 1. The fourth-order valence-corrected chi connectivity index (χ4v) is 2.44. The topological polar surface area (TPSA) is 78.9 Å². The maximum atomic E-state index is 14.1. The standard InChI is InChI=1S/C16H14FN3O2/c1-20-13-7-6-9(18)8-11(13)14(19-15(21)16(20)22)10-4-2-3-5-12(10)17/h2-8,15,21H,18H2,1H3. The van der Waals surface area contributed by atoms with Crippen molar-refractivity contribution >= 4 is 23.0 Å². The lowest BCUT2D eigenvalue weighted by Gasteiger charge is -2.19. The summed E-state index contributed by atoms with van der Waals surface area (Å²) < 4.78 is 14.1. The fraction of sp³-hybridized carbons (Fsp3) is 0.125. The molecule has 0 saturated heterocycles. The van der Waals surface area contributed by atoms with E-state index < -0.39 is 18.0 Å². The van der Waals surface area contributed by atoms with E-state index in [1.165, 1.54) is 18.0 Å². The van der Waals surface area contributed by atoms with Crippen molar-refractivity contribution in [1.82, 2.24) is 0 Å². The van der Waals surface area contributed by atoms with Crippen molar-refractivity contribution in [2.24, 2.45) is 4.99 Å². The SMILES string of the molecule is CN1C(=O)C(O)N=C(c2ccccc2F)c2cc(N)ccc21. The minimum absolute atomic E-state index is 0.200. The van der Waals surface area contributed by atoms with E-state index in [0.717, 1.165) is 0 Å². The van der Waals surface area contributed by atoms with Gasteiger partial charge in [-0.2, -0.15) is 0 Å². The molecule has 3 rings (SSSR count). The molecule has 3 N–H and O–H groups in total. The number of anilines is 2. The summed E-state index contributed by atoms with van der Waals surface area (Å²) in [7, 11) is 1.53. The van der Waals surface area contributed by atoms with Crippen LogP contribution < -0.4 is 10.6 Å². The summed E-state index contributed by atoms with van der Waals surface area (Å²) in [5, 5.41) is 9.96. The molecule has 1 heterocycles. The average molecular weight is 299 g/mol. The first-order valence-electron chi connectivity index (χ1n) is 6.67. The van der Waals surface area contributed by atoms with Crippen LogP contribution in [0.25, 0.3) is 0 Å². The molecule has 1 atom stereocenters. The number of carbonyl (C=O) groups excluding carboxylic acids is 1. The molecule has 1 aliphatic heterocycles. The summed E-state index contributed by atoms with van der Waals surface area (Å²) in [4.78, 5) is 17.4. The van der Waals surface area contributed by atoms with Crippen LogP contribution in [-0.2, 0) is 4.79 Å². The molecule has 0 saturated carbocycles. The molecule has 1 amide bonds. The van der Waals surface area contributed by atoms with Crippen molar-refractivity contribution in [3.05, 3.63) is 59.4 Å². The highest BCUT2D eigenvalue weighted by Crippen LogP contribution is 2.29. The quantitative estimate of drug-likeness (QED) is 0.784. The number of hydrogen-bond donors (Lipinski definition) is 2. The van der Waals surface area contributed by atoms with Gasteiger partial charge >= 0.3 is 0 Å². The molecule has 0 aliphatic carbocycles. The van der Waals surface area contributed by atoms with Crippen molar-refractivity contribution in [3.63, 3.8) is 0 Å². The van der Waals surface area contributed by atoms with Crippen molar-refractivity contribution < 1.29 is 14.3 Å². The highest BCUT2D eigenvalue weighted by Gasteiger charge is 2.29. The molecule has 22 heavy (non-hydrogen) atoms. The highest BCUT2D eigenvalue weighted by atomic mass is 19.1. The number of fused-ring (bicyclic) bond motifs is 1. The van der Waals surface area contributed by atoms with Crippen LogP contribution in [0.3, 0.4) is 0 Å². The Morgan fingerprint density at radius 3 is 2.68 bits per heavy atom. The van der Waals surface area contributed by atoms with E-state index in [-0.39, 0.29) is 11.3 Å². The minimum atomic E-state index is -1.59. The molecule has 0 fully saturated rings. The smallest absolute Gasteiger partial charge is 0.278 e. The molecular weight excluding hydrogens is 285 g/mol. The third-order valence-corrected chi connectivity index (χ3v) is 3.57. The number of halogens is 1. The summed E-state index contributed by atoms with van der Waals surface area (Å²) in [6.07, 6.45) is -1.59. The predicted molar refractivity (Wildman–Crippen MR) is 82.3 cm³/mol. The van der Waals surface area contributed by atoms with Gasteiger partial charge in [-0.15, -0.1) is 0 Å². The van der Waals surface area contributed by atoms with E-state index in [4.69, 9.17) is 5.73 Å². The molecule has 5 nitrogen and oxygen atoms in total. The van der Waals surface area contributed by atoms with Gasteiger partial charge in [-0.1, -0.05) is 12.1 Å². The Morgan fingerprint density at radius 1 is 1.23 bits per heavy atom. The molecule has 1 unspecified atom stereocenters. The first-order chi connectivity index (χ1) is 10.5. The summed E-state index contributed by atoms with van der Waals surface area (Å²) >= 11 is 0. The summed E-state index contributed by atoms with van der Waals surface area (Å²) in [6, 6.07) is 11.0. The molecule has 112 valence electrons. The number of amides is 1. The van der Waals surface area contributed by atoms with Gasteiger partial charge in [0.2, 0.25) is 6.23 Å². The summed E-state index contributed by atoms with van der Waals surface area (Å²) in [6.45, 7) is 0. The minimum Gasteiger partial charge on any atom is -0.399 e. The van der Waals surface area contributed by atoms with Gasteiger partial charge in [-0.25, -0.2) is 9.38 Å². The normalized spacial score (nSPS) is 17.8. The average Bonchev–Trinajstić information content (AvgIpc) is 2.59. The monoisotopic (exact) mass is 299 g/mol. The largest absolute Gasteiger partial charge is 0.399 e. The molecule has 2 aromatic carbocycles. The van der Waals surface area contributed by atoms with Crippen LogP contribution in [-0.4, -0.2) is 30.0 Å². The van der Waals surface area contributed by atoms with Gasteiger partial charge in [0.05, 0.1) is 11.4 Å². The number of hydrogen-bond acceptors (Lipinski definition) is 4. The van der Waals surface area contributed by atoms with Gasteiger partial charge in [-0.05, 0) is 30.3 Å². The summed E-state index contributed by atoms with van der Waals surface area (Å²) in [5.74, 6) is -1.07. The molecule has 0 spiro atoms. The zero-order valence-corrected chi connectivity index (χ0v) is 11.8. The van der Waals surface area contributed by atoms with E-state index in [9.17, 15) is 14.3 Å². The first-order valence-corrected chi connectivity index (χ1v) is 6.67. The number of aliphatic imine (C=N–C) groups is 1. The lowest BCUT2D eigenvalue weighted by molar-refractivity contribution is -0.125. The molecule has 1 aliphatic rings. The van der Waals surface area contributed by atoms with Gasteiger partial charge in [0, 0.05) is 23.9 Å². The second kappa shape index (κ2) is 5.23. The van der Waals surface area contributed by atoms with Crippen LogP contribution >= 0.6 is 0 Å². The van der Waals surface area contributed by atoms with Crippen molar-refractivity contribution in [1.29, 1.82) is 0 Å². The number of rotatable bonds is 1. The van der Waals surface area contributed by atoms with Crippen LogP contribution in [0, 0.1) is 5.82 Å². The maximum Gasteiger partial charge on any atom is 0.278 e. The zero-order chi connectivity index (χ0) is 15.9. The number of nitrogen functional groups attached to an aromatic ring is 1. The Labute approximate surface area is 126 Å². The van der Waals surface area contributed by atoms with Crippen LogP contribution in [0.5, 0.6) is 0 Å². The maximum absolute atomic E-state index is 14.1. The fourth-order valence-electron chi connectivity index (χ4n) is 2.44. The number of benzodiazepines with no additional fused rings is 1. The molecule has 2 aromatic rings. The number of nitrogens with two attached hydrogens (primary N) is 1. The lowest BCUT2D eigenvalue weighted by atomic mass is 9.99. The summed E-state index contributed by atoms with van der Waals surface area (Å²) in [5.41, 5.74) is 7.68. The number of nitrogens with zero attached hydrogens (tertiary/aromatic N) is 2. The van der Waals surface area contributed by atoms with Gasteiger partial charge < -0.3 is 15.7 Å². The van der Waals surface area contributed by atoms with Crippen molar-refractivity contribution in [2.75, 3.05) is 17.7 Å². The third-order valence-electron chi connectivity index (χ3n) is 3.57. The van der Waals surface area contributed by atoms with Crippen LogP contribution in [0.2, 0.25) is 0 Å². The van der Waals surface area contributed by atoms with Gasteiger partial charge in [0.1, 0.15) is 5.82 Å². The Bertz CT molecular complexity index is 789. The molecule has 0 aromatic heterocycles.